The highest BCUT2D eigenvalue weighted by Crippen LogP contribution is 2.15. The molecule has 0 radical (unpaired) electrons. The van der Waals surface area contributed by atoms with Crippen LogP contribution in [-0.2, 0) is 14.3 Å². The summed E-state index contributed by atoms with van der Waals surface area (Å²) in [6, 6.07) is 0. The van der Waals surface area contributed by atoms with Gasteiger partial charge in [-0.3, -0.25) is 14.9 Å². The Kier molecular flexibility index (Phi) is 4.50. The minimum atomic E-state index is -0.706. The number of amides is 1. The van der Waals surface area contributed by atoms with Crippen molar-refractivity contribution in [3.05, 3.63) is 35.6 Å². The number of carbonyl (C=O) groups is 3. The van der Waals surface area contributed by atoms with E-state index in [0.29, 0.717) is 12.0 Å². The molecule has 0 bridgehead atoms. The molecule has 1 amide bonds. The zero-order chi connectivity index (χ0) is 14.5. The van der Waals surface area contributed by atoms with Crippen LogP contribution in [0.5, 0.6) is 0 Å². The van der Waals surface area contributed by atoms with Gasteiger partial charge in [0, 0.05) is 11.6 Å². The van der Waals surface area contributed by atoms with Crippen LogP contribution < -0.4 is 5.32 Å². The van der Waals surface area contributed by atoms with Gasteiger partial charge < -0.3 is 4.74 Å². The Morgan fingerprint density at radius 3 is 2.80 bits per heavy atom. The molecule has 1 N–H and O–H groups in total. The van der Waals surface area contributed by atoms with E-state index >= 15 is 0 Å². The van der Waals surface area contributed by atoms with E-state index in [0.717, 1.165) is 25.3 Å². The van der Waals surface area contributed by atoms with E-state index in [-0.39, 0.29) is 23.4 Å². The van der Waals surface area contributed by atoms with E-state index in [1.54, 1.807) is 6.92 Å². The average Bonchev–Trinajstić information content (AvgIpc) is 2.43. The van der Waals surface area contributed by atoms with Crippen molar-refractivity contribution < 1.29 is 19.1 Å². The Bertz CT molecular complexity index is 528. The summed E-state index contributed by atoms with van der Waals surface area (Å²) in [7, 11) is 0. The Labute approximate surface area is 117 Å². The molecule has 0 spiro atoms. The van der Waals surface area contributed by atoms with Gasteiger partial charge in [-0.25, -0.2) is 4.79 Å². The zero-order valence-corrected chi connectivity index (χ0v) is 11.3. The summed E-state index contributed by atoms with van der Waals surface area (Å²) in [5.41, 5.74) is 0.418. The number of nitrogens with one attached hydrogen (secondary N) is 1. The summed E-state index contributed by atoms with van der Waals surface area (Å²) in [4.78, 5) is 35.1. The van der Waals surface area contributed by atoms with Crippen molar-refractivity contribution in [2.75, 3.05) is 0 Å². The fourth-order valence-electron chi connectivity index (χ4n) is 2.13. The molecule has 20 heavy (non-hydrogen) atoms. The van der Waals surface area contributed by atoms with Crippen LogP contribution in [0.4, 0.5) is 4.79 Å². The number of rotatable bonds is 3. The third kappa shape index (κ3) is 3.44. The predicted octanol–water partition coefficient (Wildman–Crippen LogP) is 2.19. The van der Waals surface area contributed by atoms with Gasteiger partial charge in [0.1, 0.15) is 6.10 Å². The summed E-state index contributed by atoms with van der Waals surface area (Å²) in [6.45, 7) is 1.80. The summed E-state index contributed by atoms with van der Waals surface area (Å²) < 4.78 is 5.17. The molecule has 0 saturated heterocycles. The van der Waals surface area contributed by atoms with Crippen molar-refractivity contribution >= 4 is 17.7 Å². The van der Waals surface area contributed by atoms with Crippen LogP contribution in [0.25, 0.3) is 0 Å². The van der Waals surface area contributed by atoms with Gasteiger partial charge in [-0.1, -0.05) is 13.0 Å². The minimum absolute atomic E-state index is 0.0306. The van der Waals surface area contributed by atoms with Gasteiger partial charge >= 0.3 is 6.09 Å². The molecule has 5 heteroatoms. The molecular formula is C15H17NO4. The van der Waals surface area contributed by atoms with E-state index in [2.05, 4.69) is 5.32 Å². The van der Waals surface area contributed by atoms with Gasteiger partial charge in [0.05, 0.1) is 5.70 Å². The fraction of sp³-hybridized carbons (Fsp3) is 0.400. The number of hydrogen-bond acceptors (Lipinski definition) is 4. The van der Waals surface area contributed by atoms with Crippen molar-refractivity contribution in [2.24, 2.45) is 0 Å². The molecule has 0 fully saturated rings. The van der Waals surface area contributed by atoms with Crippen molar-refractivity contribution in [3.63, 3.8) is 0 Å². The fourth-order valence-corrected chi connectivity index (χ4v) is 2.13. The van der Waals surface area contributed by atoms with Crippen LogP contribution in [0.2, 0.25) is 0 Å². The van der Waals surface area contributed by atoms with Gasteiger partial charge in [0.2, 0.25) is 5.78 Å². The third-order valence-corrected chi connectivity index (χ3v) is 3.25. The van der Waals surface area contributed by atoms with Crippen molar-refractivity contribution in [2.45, 2.75) is 38.7 Å². The van der Waals surface area contributed by atoms with Crippen LogP contribution in [0.3, 0.4) is 0 Å². The van der Waals surface area contributed by atoms with Crippen LogP contribution in [0.15, 0.2) is 35.6 Å². The molecule has 2 aliphatic carbocycles. The number of alkyl carbamates (subject to hydrolysis) is 1. The first-order valence-electron chi connectivity index (χ1n) is 6.75. The lowest BCUT2D eigenvalue weighted by molar-refractivity contribution is -0.115. The molecule has 5 nitrogen and oxygen atoms in total. The molecule has 0 aromatic rings. The maximum absolute atomic E-state index is 11.8. The number of ether oxygens (including phenoxy) is 1. The normalized spacial score (nSPS) is 22.1. The van der Waals surface area contributed by atoms with Gasteiger partial charge in [0.15, 0.2) is 5.78 Å². The van der Waals surface area contributed by atoms with Crippen molar-refractivity contribution in [3.8, 4) is 0 Å². The Morgan fingerprint density at radius 2 is 2.15 bits per heavy atom. The topological polar surface area (TPSA) is 72.5 Å². The maximum Gasteiger partial charge on any atom is 0.412 e. The van der Waals surface area contributed by atoms with E-state index < -0.39 is 6.09 Å². The number of carbonyl (C=O) groups excluding carboxylic acids is 3. The van der Waals surface area contributed by atoms with Crippen molar-refractivity contribution in [1.29, 1.82) is 0 Å². The number of ketones is 2. The molecule has 1 unspecified atom stereocenters. The highest BCUT2D eigenvalue weighted by atomic mass is 16.6. The lowest BCUT2D eigenvalue weighted by atomic mass is 9.99. The molecule has 1 atom stereocenters. The van der Waals surface area contributed by atoms with E-state index in [4.69, 9.17) is 4.74 Å². The molecule has 0 saturated carbocycles. The largest absolute Gasteiger partial charge is 0.442 e. The number of hydrogen-bond donors (Lipinski definition) is 1. The van der Waals surface area contributed by atoms with Crippen molar-refractivity contribution in [1.82, 2.24) is 5.32 Å². The van der Waals surface area contributed by atoms with Gasteiger partial charge in [-0.2, -0.15) is 0 Å². The number of allylic oxidation sites excluding steroid dienone is 4. The second-order valence-corrected chi connectivity index (χ2v) is 4.74. The summed E-state index contributed by atoms with van der Waals surface area (Å²) in [5.74, 6) is -0.627. The summed E-state index contributed by atoms with van der Waals surface area (Å²) in [5, 5.41) is 2.34. The summed E-state index contributed by atoms with van der Waals surface area (Å²) in [6.07, 6.45) is 8.47. The Balaban J connectivity index is 1.94. The standard InChI is InChI=1S/C15H17NO4/c1-2-10-8-14(18)12(9-13(10)17)16-15(19)20-11-6-4-3-5-7-11/h4,6,8-9,11H,2-3,5,7H2,1H3,(H,16,19). The maximum atomic E-state index is 11.8. The predicted molar refractivity (Wildman–Crippen MR) is 72.9 cm³/mol. The average molecular weight is 275 g/mol. The highest BCUT2D eigenvalue weighted by Gasteiger charge is 2.22. The second kappa shape index (κ2) is 6.32. The van der Waals surface area contributed by atoms with Gasteiger partial charge in [-0.05, 0) is 37.8 Å². The molecular weight excluding hydrogens is 258 g/mol. The van der Waals surface area contributed by atoms with Crippen LogP contribution in [0.1, 0.15) is 32.6 Å². The van der Waals surface area contributed by atoms with E-state index in [9.17, 15) is 14.4 Å². The lowest BCUT2D eigenvalue weighted by Crippen LogP contribution is -2.32. The van der Waals surface area contributed by atoms with Gasteiger partial charge in [-0.15, -0.1) is 0 Å². The Hall–Kier alpha value is -2.17. The van der Waals surface area contributed by atoms with Gasteiger partial charge in [0.25, 0.3) is 0 Å². The van der Waals surface area contributed by atoms with E-state index in [1.165, 1.54) is 6.08 Å². The second-order valence-electron chi connectivity index (χ2n) is 4.74. The molecule has 0 aliphatic heterocycles. The zero-order valence-electron chi connectivity index (χ0n) is 11.3. The first kappa shape index (κ1) is 14.2. The van der Waals surface area contributed by atoms with Crippen LogP contribution >= 0.6 is 0 Å². The monoisotopic (exact) mass is 275 g/mol. The van der Waals surface area contributed by atoms with Crippen LogP contribution in [-0.4, -0.2) is 23.8 Å². The lowest BCUT2D eigenvalue weighted by Gasteiger charge is -2.18. The molecule has 0 aromatic heterocycles. The minimum Gasteiger partial charge on any atom is -0.442 e. The van der Waals surface area contributed by atoms with Crippen LogP contribution in [0, 0.1) is 0 Å². The molecule has 106 valence electrons. The molecule has 0 aromatic carbocycles. The van der Waals surface area contributed by atoms with E-state index in [1.807, 2.05) is 12.2 Å². The third-order valence-electron chi connectivity index (χ3n) is 3.25. The molecule has 0 heterocycles. The first-order valence-corrected chi connectivity index (χ1v) is 6.75. The Morgan fingerprint density at radius 1 is 1.35 bits per heavy atom. The SMILES string of the molecule is CCC1=CC(=O)C(NC(=O)OC2C=CCCC2)=CC1=O. The quantitative estimate of drug-likeness (QED) is 0.633. The smallest absolute Gasteiger partial charge is 0.412 e. The summed E-state index contributed by atoms with van der Waals surface area (Å²) >= 11 is 0. The highest BCUT2D eigenvalue weighted by molar-refractivity contribution is 6.20. The molecule has 2 rings (SSSR count). The molecule has 2 aliphatic rings. The first-order chi connectivity index (χ1) is 9.60.